The zero-order valence-electron chi connectivity index (χ0n) is 15.8. The quantitative estimate of drug-likeness (QED) is 0.278. The maximum atomic E-state index is 12.7. The highest BCUT2D eigenvalue weighted by Crippen LogP contribution is 2.38. The van der Waals surface area contributed by atoms with Crippen molar-refractivity contribution < 1.29 is 23.5 Å². The predicted molar refractivity (Wildman–Crippen MR) is 114 cm³/mol. The molecule has 0 fully saturated rings. The molecule has 0 bridgehead atoms. The van der Waals surface area contributed by atoms with Crippen molar-refractivity contribution in [3.05, 3.63) is 76.0 Å². The van der Waals surface area contributed by atoms with Crippen LogP contribution in [0.1, 0.15) is 33.4 Å². The zero-order valence-corrected chi connectivity index (χ0v) is 17.4. The lowest BCUT2D eigenvalue weighted by Crippen LogP contribution is -2.09. The Kier molecular flexibility index (Phi) is 5.11. The molecule has 5 nitrogen and oxygen atoms in total. The number of carbonyl (C=O) groups excluding carboxylic acids is 2. The number of hydrogen-bond acceptors (Lipinski definition) is 5. The number of fused-ring (bicyclic) bond motifs is 3. The first kappa shape index (κ1) is 19.2. The fourth-order valence-electron chi connectivity index (χ4n) is 3.29. The van der Waals surface area contributed by atoms with E-state index in [4.69, 9.17) is 13.9 Å². The van der Waals surface area contributed by atoms with E-state index in [9.17, 15) is 9.59 Å². The summed E-state index contributed by atoms with van der Waals surface area (Å²) in [5.74, 6) is -0.142. The monoisotopic (exact) mass is 452 g/mol. The summed E-state index contributed by atoms with van der Waals surface area (Å²) in [6.45, 7) is 3.72. The molecule has 29 heavy (non-hydrogen) atoms. The number of esters is 2. The van der Waals surface area contributed by atoms with Crippen LogP contribution in [0.2, 0.25) is 0 Å². The second kappa shape index (κ2) is 7.72. The van der Waals surface area contributed by atoms with E-state index in [2.05, 4.69) is 15.9 Å². The van der Waals surface area contributed by atoms with E-state index >= 15 is 0 Å². The molecule has 1 heterocycles. The lowest BCUT2D eigenvalue weighted by molar-refractivity contribution is 0.0526. The summed E-state index contributed by atoms with van der Waals surface area (Å²) < 4.78 is 17.7. The van der Waals surface area contributed by atoms with Gasteiger partial charge in [-0.3, -0.25) is 0 Å². The molecule has 1 aromatic heterocycles. The van der Waals surface area contributed by atoms with Crippen molar-refractivity contribution in [3.63, 3.8) is 0 Å². The van der Waals surface area contributed by atoms with Gasteiger partial charge in [-0.05, 0) is 44.2 Å². The molecule has 0 atom stereocenters. The van der Waals surface area contributed by atoms with Crippen LogP contribution < -0.4 is 4.74 Å². The van der Waals surface area contributed by atoms with Crippen LogP contribution in [-0.2, 0) is 4.74 Å². The molecule has 0 aliphatic rings. The highest BCUT2D eigenvalue weighted by molar-refractivity contribution is 9.10. The Balaban J connectivity index is 1.88. The van der Waals surface area contributed by atoms with Crippen molar-refractivity contribution in [1.82, 2.24) is 0 Å². The SMILES string of the molecule is CCOC(=O)c1c(C)oc2c1cc(OC(=O)c1ccc(Br)cc1)c1ccccc12. The zero-order chi connectivity index (χ0) is 20.5. The van der Waals surface area contributed by atoms with Gasteiger partial charge in [-0.1, -0.05) is 40.2 Å². The van der Waals surface area contributed by atoms with Crippen LogP contribution in [-0.4, -0.2) is 18.5 Å². The van der Waals surface area contributed by atoms with Crippen molar-refractivity contribution in [3.8, 4) is 5.75 Å². The van der Waals surface area contributed by atoms with Crippen LogP contribution in [0.3, 0.4) is 0 Å². The van der Waals surface area contributed by atoms with Crippen LogP contribution in [0.25, 0.3) is 21.7 Å². The van der Waals surface area contributed by atoms with E-state index in [1.54, 1.807) is 44.2 Å². The Morgan fingerprint density at radius 1 is 0.966 bits per heavy atom. The molecule has 0 spiro atoms. The van der Waals surface area contributed by atoms with Crippen molar-refractivity contribution in [2.75, 3.05) is 6.61 Å². The standard InChI is InChI=1S/C23H17BrO5/c1-3-27-23(26)20-13(2)28-21-17-7-5-4-6-16(17)19(12-18(20)21)29-22(25)14-8-10-15(24)11-9-14/h4-12H,3H2,1-2H3. The van der Waals surface area contributed by atoms with Gasteiger partial charge in [-0.15, -0.1) is 0 Å². The molecule has 0 N–H and O–H groups in total. The number of benzene rings is 3. The van der Waals surface area contributed by atoms with E-state index in [-0.39, 0.29) is 6.61 Å². The van der Waals surface area contributed by atoms with Crippen LogP contribution in [0.15, 0.2) is 63.5 Å². The molecule has 3 aromatic carbocycles. The number of ether oxygens (including phenoxy) is 2. The Bertz CT molecular complexity index is 1240. The fourth-order valence-corrected chi connectivity index (χ4v) is 3.56. The Hall–Kier alpha value is -3.12. The third-order valence-corrected chi connectivity index (χ3v) is 5.12. The summed E-state index contributed by atoms with van der Waals surface area (Å²) in [4.78, 5) is 25.1. The van der Waals surface area contributed by atoms with Gasteiger partial charge in [0.05, 0.1) is 12.2 Å². The van der Waals surface area contributed by atoms with Gasteiger partial charge in [0.15, 0.2) is 0 Å². The summed E-state index contributed by atoms with van der Waals surface area (Å²) in [6, 6.07) is 16.0. The fraction of sp³-hybridized carbons (Fsp3) is 0.130. The van der Waals surface area contributed by atoms with E-state index < -0.39 is 11.9 Å². The number of aryl methyl sites for hydroxylation is 1. The first-order valence-electron chi connectivity index (χ1n) is 9.09. The Labute approximate surface area is 175 Å². The second-order valence-corrected chi connectivity index (χ2v) is 7.36. The lowest BCUT2D eigenvalue weighted by Gasteiger charge is -2.09. The smallest absolute Gasteiger partial charge is 0.343 e. The molecule has 0 aliphatic carbocycles. The lowest BCUT2D eigenvalue weighted by atomic mass is 10.0. The highest BCUT2D eigenvalue weighted by Gasteiger charge is 2.23. The average molecular weight is 453 g/mol. The van der Waals surface area contributed by atoms with Crippen molar-refractivity contribution in [2.24, 2.45) is 0 Å². The average Bonchev–Trinajstić information content (AvgIpc) is 3.05. The summed E-state index contributed by atoms with van der Waals surface area (Å²) in [6.07, 6.45) is 0. The van der Waals surface area contributed by atoms with Gasteiger partial charge in [-0.2, -0.15) is 0 Å². The van der Waals surface area contributed by atoms with Gasteiger partial charge in [0.25, 0.3) is 0 Å². The minimum Gasteiger partial charge on any atom is -0.462 e. The minimum absolute atomic E-state index is 0.254. The maximum absolute atomic E-state index is 12.7. The second-order valence-electron chi connectivity index (χ2n) is 6.45. The molecular weight excluding hydrogens is 436 g/mol. The molecule has 146 valence electrons. The summed E-state index contributed by atoms with van der Waals surface area (Å²) >= 11 is 3.35. The van der Waals surface area contributed by atoms with Gasteiger partial charge in [0.2, 0.25) is 0 Å². The van der Waals surface area contributed by atoms with E-state index in [1.165, 1.54) is 0 Å². The molecule has 0 radical (unpaired) electrons. The van der Waals surface area contributed by atoms with Crippen molar-refractivity contribution in [1.29, 1.82) is 0 Å². The minimum atomic E-state index is -0.486. The van der Waals surface area contributed by atoms with Crippen molar-refractivity contribution in [2.45, 2.75) is 13.8 Å². The first-order chi connectivity index (χ1) is 14.0. The molecule has 0 saturated heterocycles. The van der Waals surface area contributed by atoms with Gasteiger partial charge in [-0.25, -0.2) is 9.59 Å². The number of hydrogen-bond donors (Lipinski definition) is 0. The van der Waals surface area contributed by atoms with Crippen LogP contribution >= 0.6 is 15.9 Å². The first-order valence-corrected chi connectivity index (χ1v) is 9.88. The molecule has 0 saturated carbocycles. The predicted octanol–water partition coefficient (Wildman–Crippen LogP) is 6.05. The number of carbonyl (C=O) groups is 2. The normalized spacial score (nSPS) is 11.0. The van der Waals surface area contributed by atoms with Gasteiger partial charge in [0, 0.05) is 20.6 Å². The molecule has 4 rings (SSSR count). The topological polar surface area (TPSA) is 65.7 Å². The highest BCUT2D eigenvalue weighted by atomic mass is 79.9. The molecule has 4 aromatic rings. The number of furan rings is 1. The third-order valence-electron chi connectivity index (χ3n) is 4.60. The van der Waals surface area contributed by atoms with Crippen LogP contribution in [0, 0.1) is 6.92 Å². The number of halogens is 1. The maximum Gasteiger partial charge on any atom is 0.343 e. The number of rotatable bonds is 4. The van der Waals surface area contributed by atoms with Crippen molar-refractivity contribution >= 4 is 49.6 Å². The van der Waals surface area contributed by atoms with Gasteiger partial charge in [0.1, 0.15) is 22.7 Å². The summed E-state index contributed by atoms with van der Waals surface area (Å²) in [5.41, 5.74) is 1.32. The molecule has 0 unspecified atom stereocenters. The Morgan fingerprint density at radius 2 is 1.66 bits per heavy atom. The van der Waals surface area contributed by atoms with E-state index in [0.717, 1.165) is 15.2 Å². The molecule has 6 heteroatoms. The van der Waals surface area contributed by atoms with E-state index in [1.807, 2.05) is 24.3 Å². The van der Waals surface area contributed by atoms with Crippen LogP contribution in [0.4, 0.5) is 0 Å². The van der Waals surface area contributed by atoms with Gasteiger partial charge < -0.3 is 13.9 Å². The summed E-state index contributed by atoms with van der Waals surface area (Å²) in [7, 11) is 0. The van der Waals surface area contributed by atoms with E-state index in [0.29, 0.717) is 33.6 Å². The summed E-state index contributed by atoms with van der Waals surface area (Å²) in [5, 5.41) is 2.02. The van der Waals surface area contributed by atoms with Gasteiger partial charge >= 0.3 is 11.9 Å². The molecule has 0 aliphatic heterocycles. The molecular formula is C23H17BrO5. The molecule has 0 amide bonds. The Morgan fingerprint density at radius 3 is 2.34 bits per heavy atom. The largest absolute Gasteiger partial charge is 0.462 e. The third kappa shape index (κ3) is 3.51. The van der Waals surface area contributed by atoms with Crippen LogP contribution in [0.5, 0.6) is 5.75 Å².